The van der Waals surface area contributed by atoms with Gasteiger partial charge in [-0.15, -0.1) is 0 Å². The lowest BCUT2D eigenvalue weighted by molar-refractivity contribution is -0.0334. The predicted molar refractivity (Wildman–Crippen MR) is 64.1 cm³/mol. The summed E-state index contributed by atoms with van der Waals surface area (Å²) in [5, 5.41) is 13.2. The number of halogens is 1. The van der Waals surface area contributed by atoms with Gasteiger partial charge >= 0.3 is 0 Å². The molecule has 0 radical (unpaired) electrons. The number of benzene rings is 1. The summed E-state index contributed by atoms with van der Waals surface area (Å²) >= 11 is 0. The molecule has 8 heteroatoms. The van der Waals surface area contributed by atoms with Crippen LogP contribution in [0.1, 0.15) is 5.56 Å². The second kappa shape index (κ2) is 7.16. The second-order valence-electron chi connectivity index (χ2n) is 3.52. The van der Waals surface area contributed by atoms with Crippen molar-refractivity contribution in [1.29, 1.82) is 5.26 Å². The van der Waals surface area contributed by atoms with Crippen molar-refractivity contribution in [3.63, 3.8) is 0 Å². The van der Waals surface area contributed by atoms with Crippen molar-refractivity contribution in [3.05, 3.63) is 29.6 Å². The Kier molecular flexibility index (Phi) is 5.85. The molecule has 1 aromatic rings. The van der Waals surface area contributed by atoms with Gasteiger partial charge in [-0.3, -0.25) is 0 Å². The van der Waals surface area contributed by atoms with Crippen molar-refractivity contribution in [2.45, 2.75) is 4.90 Å². The fraction of sp³-hybridized carbons (Fsp3) is 0.364. The molecule has 0 aromatic heterocycles. The van der Waals surface area contributed by atoms with Gasteiger partial charge in [0, 0.05) is 0 Å². The molecule has 6 nitrogen and oxygen atoms in total. The molecule has 0 spiro atoms. The fourth-order valence-electron chi connectivity index (χ4n) is 1.21. The maximum atomic E-state index is 12.7. The van der Waals surface area contributed by atoms with Gasteiger partial charge in [0.15, 0.2) is 0 Å². The number of hydrogen-bond donors (Lipinski definition) is 1. The lowest BCUT2D eigenvalue weighted by Crippen LogP contribution is -2.16. The summed E-state index contributed by atoms with van der Waals surface area (Å²) in [6.45, 7) is 3.11. The van der Waals surface area contributed by atoms with Gasteiger partial charge < -0.3 is 9.47 Å². The largest absolute Gasteiger partial charge is 0.377 e. The van der Waals surface area contributed by atoms with Gasteiger partial charge in [-0.25, -0.2) is 17.9 Å². The number of ether oxygens (including phenoxy) is 2. The Hall–Kier alpha value is -1.53. The molecular weight excluding hydrogens is 275 g/mol. The standard InChI is InChI=1S/C7H5FN2O2S.C4H8O2/c8-7-2-1-6(13(10,11)12)3-5(7)4-9;1-2-6-4-3-5-1/h1-3H,(H2,10,11,12);1-4H2. The molecular formula is C11H13FN2O4S. The molecule has 19 heavy (non-hydrogen) atoms. The van der Waals surface area contributed by atoms with Crippen molar-refractivity contribution in [3.8, 4) is 6.07 Å². The van der Waals surface area contributed by atoms with Crippen molar-refractivity contribution in [2.75, 3.05) is 26.4 Å². The van der Waals surface area contributed by atoms with Crippen LogP contribution in [0.4, 0.5) is 4.39 Å². The molecule has 1 aromatic carbocycles. The molecule has 2 N–H and O–H groups in total. The molecule has 0 saturated carbocycles. The lowest BCUT2D eigenvalue weighted by Gasteiger charge is -2.09. The Labute approximate surface area is 110 Å². The van der Waals surface area contributed by atoms with Crippen molar-refractivity contribution in [1.82, 2.24) is 0 Å². The van der Waals surface area contributed by atoms with Crippen molar-refractivity contribution >= 4 is 10.0 Å². The van der Waals surface area contributed by atoms with Crippen LogP contribution in [-0.2, 0) is 19.5 Å². The topological polar surface area (TPSA) is 102 Å². The number of nitriles is 1. The molecule has 0 amide bonds. The highest BCUT2D eigenvalue weighted by Gasteiger charge is 2.10. The first-order valence-corrected chi connectivity index (χ1v) is 6.87. The van der Waals surface area contributed by atoms with E-state index in [2.05, 4.69) is 0 Å². The van der Waals surface area contributed by atoms with Gasteiger partial charge in [-0.1, -0.05) is 0 Å². The average Bonchev–Trinajstić information content (AvgIpc) is 2.40. The highest BCUT2D eigenvalue weighted by Crippen LogP contribution is 2.12. The molecule has 0 unspecified atom stereocenters. The lowest BCUT2D eigenvalue weighted by atomic mass is 10.2. The monoisotopic (exact) mass is 288 g/mol. The van der Waals surface area contributed by atoms with E-state index in [-0.39, 0.29) is 10.5 Å². The minimum Gasteiger partial charge on any atom is -0.377 e. The predicted octanol–water partition coefficient (Wildman–Crippen LogP) is 0.378. The van der Waals surface area contributed by atoms with Gasteiger partial charge in [-0.2, -0.15) is 5.26 Å². The highest BCUT2D eigenvalue weighted by atomic mass is 32.2. The minimum absolute atomic E-state index is 0.273. The van der Waals surface area contributed by atoms with E-state index in [0.29, 0.717) is 0 Å². The summed E-state index contributed by atoms with van der Waals surface area (Å²) in [7, 11) is -3.87. The van der Waals surface area contributed by atoms with E-state index < -0.39 is 15.8 Å². The molecule has 1 fully saturated rings. The Morgan fingerprint density at radius 2 is 1.74 bits per heavy atom. The normalized spacial score (nSPS) is 15.0. The van der Waals surface area contributed by atoms with Gasteiger partial charge in [0.05, 0.1) is 36.9 Å². The molecule has 1 aliphatic rings. The van der Waals surface area contributed by atoms with Gasteiger partial charge in [0.1, 0.15) is 11.9 Å². The van der Waals surface area contributed by atoms with Crippen LogP contribution >= 0.6 is 0 Å². The van der Waals surface area contributed by atoms with Crippen molar-refractivity contribution < 1.29 is 22.3 Å². The van der Waals surface area contributed by atoms with Crippen LogP contribution in [0.5, 0.6) is 0 Å². The average molecular weight is 288 g/mol. The number of primary sulfonamides is 1. The van der Waals surface area contributed by atoms with Gasteiger partial charge in [0.2, 0.25) is 10.0 Å². The third-order valence-electron chi connectivity index (χ3n) is 2.13. The SMILES string of the molecule is C1COCCO1.N#Cc1cc(S(N)(=O)=O)ccc1F. The van der Waals surface area contributed by atoms with E-state index in [9.17, 15) is 12.8 Å². The summed E-state index contributed by atoms with van der Waals surface area (Å²) in [6.07, 6.45) is 0. The van der Waals surface area contributed by atoms with E-state index in [1.54, 1.807) is 0 Å². The number of sulfonamides is 1. The summed E-state index contributed by atoms with van der Waals surface area (Å²) < 4.78 is 44.1. The molecule has 1 heterocycles. The number of rotatable bonds is 1. The van der Waals surface area contributed by atoms with Crippen molar-refractivity contribution in [2.24, 2.45) is 5.14 Å². The smallest absolute Gasteiger partial charge is 0.238 e. The maximum Gasteiger partial charge on any atom is 0.238 e. The van der Waals surface area contributed by atoms with Crippen LogP contribution in [0.25, 0.3) is 0 Å². The van der Waals surface area contributed by atoms with Crippen LogP contribution in [0.2, 0.25) is 0 Å². The van der Waals surface area contributed by atoms with Crippen LogP contribution in [0.3, 0.4) is 0 Å². The molecule has 104 valence electrons. The van der Waals surface area contributed by atoms with E-state index in [1.807, 2.05) is 0 Å². The fourth-order valence-corrected chi connectivity index (χ4v) is 1.75. The zero-order valence-corrected chi connectivity index (χ0v) is 10.8. The molecule has 1 aliphatic heterocycles. The zero-order valence-electron chi connectivity index (χ0n) is 10.0. The maximum absolute atomic E-state index is 12.7. The Morgan fingerprint density at radius 3 is 2.11 bits per heavy atom. The van der Waals surface area contributed by atoms with E-state index in [0.717, 1.165) is 44.6 Å². The summed E-state index contributed by atoms with van der Waals surface area (Å²) in [4.78, 5) is -0.273. The Bertz CT molecular complexity index is 553. The summed E-state index contributed by atoms with van der Waals surface area (Å²) in [6, 6.07) is 4.30. The highest BCUT2D eigenvalue weighted by molar-refractivity contribution is 7.89. The first-order chi connectivity index (χ1) is 8.95. The van der Waals surface area contributed by atoms with Crippen LogP contribution < -0.4 is 5.14 Å². The van der Waals surface area contributed by atoms with Crippen LogP contribution in [-0.4, -0.2) is 34.8 Å². The third kappa shape index (κ3) is 5.32. The number of nitrogens with zero attached hydrogens (tertiary/aromatic N) is 1. The minimum atomic E-state index is -3.87. The molecule has 0 aliphatic carbocycles. The quantitative estimate of drug-likeness (QED) is 0.804. The first-order valence-electron chi connectivity index (χ1n) is 5.33. The summed E-state index contributed by atoms with van der Waals surface area (Å²) in [5.41, 5.74) is -0.341. The van der Waals surface area contributed by atoms with Crippen LogP contribution in [0.15, 0.2) is 23.1 Å². The van der Waals surface area contributed by atoms with Crippen LogP contribution in [0, 0.1) is 17.1 Å². The zero-order chi connectivity index (χ0) is 14.3. The van der Waals surface area contributed by atoms with E-state index >= 15 is 0 Å². The second-order valence-corrected chi connectivity index (χ2v) is 5.08. The first kappa shape index (κ1) is 15.5. The number of hydrogen-bond acceptors (Lipinski definition) is 5. The van der Waals surface area contributed by atoms with Gasteiger partial charge in [-0.05, 0) is 18.2 Å². The Balaban J connectivity index is 0.000000250. The Morgan fingerprint density at radius 1 is 1.21 bits per heavy atom. The van der Waals surface area contributed by atoms with E-state index in [4.69, 9.17) is 19.9 Å². The summed E-state index contributed by atoms with van der Waals surface area (Å²) in [5.74, 6) is -0.769. The third-order valence-corrected chi connectivity index (χ3v) is 3.04. The molecule has 0 bridgehead atoms. The number of nitrogens with two attached hydrogens (primary N) is 1. The van der Waals surface area contributed by atoms with Gasteiger partial charge in [0.25, 0.3) is 0 Å². The molecule has 0 atom stereocenters. The molecule has 1 saturated heterocycles. The molecule has 2 rings (SSSR count). The van der Waals surface area contributed by atoms with E-state index in [1.165, 1.54) is 6.07 Å².